The monoisotopic (exact) mass is 239 g/mol. The second kappa shape index (κ2) is 7.71. The number of thioether (sulfide) groups is 1. The highest BCUT2D eigenvalue weighted by atomic mass is 32.2. The quantitative estimate of drug-likeness (QED) is 0.743. The predicted molar refractivity (Wildman–Crippen MR) is 71.9 cm³/mol. The molecule has 3 heteroatoms. The van der Waals surface area contributed by atoms with Crippen molar-refractivity contribution < 1.29 is 4.74 Å². The first-order chi connectivity index (χ1) is 7.74. The van der Waals surface area contributed by atoms with E-state index >= 15 is 0 Å². The number of hydrogen-bond donors (Lipinski definition) is 1. The van der Waals surface area contributed by atoms with E-state index in [9.17, 15) is 0 Å². The van der Waals surface area contributed by atoms with Crippen LogP contribution in [-0.2, 0) is 4.74 Å². The summed E-state index contributed by atoms with van der Waals surface area (Å²) in [5, 5.41) is 0. The highest BCUT2D eigenvalue weighted by molar-refractivity contribution is 7.99. The number of methoxy groups -OCH3 is 1. The molecule has 1 rings (SSSR count). The van der Waals surface area contributed by atoms with Gasteiger partial charge in [-0.1, -0.05) is 29.8 Å². The van der Waals surface area contributed by atoms with E-state index in [0.717, 1.165) is 24.5 Å². The summed E-state index contributed by atoms with van der Waals surface area (Å²) in [5.74, 6) is 2.10. The first-order valence-corrected chi connectivity index (χ1v) is 6.78. The molecule has 0 saturated heterocycles. The molecule has 0 bridgehead atoms. The maximum Gasteiger partial charge on any atom is 0.0470 e. The molecule has 1 unspecified atom stereocenters. The summed E-state index contributed by atoms with van der Waals surface area (Å²) in [6.07, 6.45) is 1.10. The summed E-state index contributed by atoms with van der Waals surface area (Å²) < 4.78 is 5.00. The lowest BCUT2D eigenvalue weighted by molar-refractivity contribution is 0.200. The van der Waals surface area contributed by atoms with Crippen LogP contribution in [0.2, 0.25) is 0 Å². The Balaban J connectivity index is 2.24. The van der Waals surface area contributed by atoms with Crippen molar-refractivity contribution in [2.24, 2.45) is 5.73 Å². The van der Waals surface area contributed by atoms with Crippen LogP contribution >= 0.6 is 11.8 Å². The van der Waals surface area contributed by atoms with Crippen molar-refractivity contribution in [2.75, 3.05) is 25.2 Å². The zero-order chi connectivity index (χ0) is 11.8. The highest BCUT2D eigenvalue weighted by Crippen LogP contribution is 2.17. The van der Waals surface area contributed by atoms with E-state index in [1.807, 2.05) is 11.8 Å². The first-order valence-electron chi connectivity index (χ1n) is 5.63. The van der Waals surface area contributed by atoms with E-state index in [0.29, 0.717) is 0 Å². The minimum atomic E-state index is 0.146. The van der Waals surface area contributed by atoms with Crippen LogP contribution in [0.3, 0.4) is 0 Å². The van der Waals surface area contributed by atoms with Crippen molar-refractivity contribution in [1.82, 2.24) is 0 Å². The summed E-state index contributed by atoms with van der Waals surface area (Å²) in [6.45, 7) is 2.93. The second-order valence-corrected chi connectivity index (χ2v) is 5.09. The third-order valence-corrected chi connectivity index (χ3v) is 3.61. The van der Waals surface area contributed by atoms with Crippen LogP contribution in [0.25, 0.3) is 0 Å². The Kier molecular flexibility index (Phi) is 6.53. The lowest BCUT2D eigenvalue weighted by Gasteiger charge is -2.11. The van der Waals surface area contributed by atoms with Gasteiger partial charge in [0.15, 0.2) is 0 Å². The molecule has 0 spiro atoms. The fourth-order valence-corrected chi connectivity index (χ4v) is 2.36. The van der Waals surface area contributed by atoms with Gasteiger partial charge in [-0.05, 0) is 24.7 Å². The molecule has 1 aromatic carbocycles. The number of aryl methyl sites for hydroxylation is 1. The molecule has 2 nitrogen and oxygen atoms in total. The van der Waals surface area contributed by atoms with Gasteiger partial charge >= 0.3 is 0 Å². The molecule has 0 aliphatic rings. The normalized spacial score (nSPS) is 12.7. The maximum absolute atomic E-state index is 6.11. The van der Waals surface area contributed by atoms with Crippen molar-refractivity contribution in [2.45, 2.75) is 19.4 Å². The lowest BCUT2D eigenvalue weighted by atomic mass is 10.1. The minimum absolute atomic E-state index is 0.146. The summed E-state index contributed by atoms with van der Waals surface area (Å²) in [6, 6.07) is 8.62. The van der Waals surface area contributed by atoms with Crippen molar-refractivity contribution in [1.29, 1.82) is 0 Å². The van der Waals surface area contributed by atoms with E-state index in [2.05, 4.69) is 31.2 Å². The van der Waals surface area contributed by atoms with Gasteiger partial charge in [0.05, 0.1) is 0 Å². The van der Waals surface area contributed by atoms with Gasteiger partial charge in [-0.25, -0.2) is 0 Å². The van der Waals surface area contributed by atoms with Gasteiger partial charge < -0.3 is 10.5 Å². The Morgan fingerprint density at radius 2 is 2.00 bits per heavy atom. The van der Waals surface area contributed by atoms with Crippen LogP contribution in [0, 0.1) is 6.92 Å². The zero-order valence-corrected chi connectivity index (χ0v) is 10.9. The molecular formula is C13H21NOS. The van der Waals surface area contributed by atoms with Crippen LogP contribution in [-0.4, -0.2) is 25.2 Å². The van der Waals surface area contributed by atoms with Crippen molar-refractivity contribution in [3.8, 4) is 0 Å². The molecule has 0 saturated carbocycles. The molecule has 0 aromatic heterocycles. The smallest absolute Gasteiger partial charge is 0.0470 e. The van der Waals surface area contributed by atoms with Gasteiger partial charge in [0.1, 0.15) is 0 Å². The number of rotatable bonds is 7. The average Bonchev–Trinajstić information content (AvgIpc) is 2.29. The molecule has 2 N–H and O–H groups in total. The van der Waals surface area contributed by atoms with Crippen molar-refractivity contribution >= 4 is 11.8 Å². The van der Waals surface area contributed by atoms with Crippen LogP contribution in [0.15, 0.2) is 24.3 Å². The molecule has 0 fully saturated rings. The average molecular weight is 239 g/mol. The van der Waals surface area contributed by atoms with Gasteiger partial charge in [0, 0.05) is 25.5 Å². The van der Waals surface area contributed by atoms with Gasteiger partial charge in [-0.2, -0.15) is 11.8 Å². The van der Waals surface area contributed by atoms with E-state index in [1.54, 1.807) is 7.11 Å². The predicted octanol–water partition coefficient (Wildman–Crippen LogP) is 2.76. The highest BCUT2D eigenvalue weighted by Gasteiger charge is 2.05. The molecule has 0 aliphatic heterocycles. The molecule has 0 aliphatic carbocycles. The molecule has 1 aromatic rings. The van der Waals surface area contributed by atoms with E-state index in [4.69, 9.17) is 10.5 Å². The topological polar surface area (TPSA) is 35.2 Å². The first kappa shape index (κ1) is 13.6. The molecule has 1 atom stereocenters. The van der Waals surface area contributed by atoms with Crippen LogP contribution in [0.4, 0.5) is 0 Å². The minimum Gasteiger partial charge on any atom is -0.385 e. The molecule has 0 amide bonds. The van der Waals surface area contributed by atoms with E-state index in [1.165, 1.54) is 11.1 Å². The number of benzene rings is 1. The fourth-order valence-electron chi connectivity index (χ4n) is 1.43. The van der Waals surface area contributed by atoms with Gasteiger partial charge in [-0.15, -0.1) is 0 Å². The Morgan fingerprint density at radius 3 is 2.62 bits per heavy atom. The molecular weight excluding hydrogens is 218 g/mol. The zero-order valence-electron chi connectivity index (χ0n) is 10.1. The summed E-state index contributed by atoms with van der Waals surface area (Å²) in [5.41, 5.74) is 8.62. The molecule has 0 heterocycles. The van der Waals surface area contributed by atoms with Crippen LogP contribution in [0.5, 0.6) is 0 Å². The summed E-state index contributed by atoms with van der Waals surface area (Å²) in [7, 11) is 1.74. The largest absolute Gasteiger partial charge is 0.385 e. The van der Waals surface area contributed by atoms with Crippen molar-refractivity contribution in [3.63, 3.8) is 0 Å². The number of nitrogens with two attached hydrogens (primary N) is 1. The number of ether oxygens (including phenoxy) is 1. The van der Waals surface area contributed by atoms with Crippen LogP contribution in [0.1, 0.15) is 23.6 Å². The fraction of sp³-hybridized carbons (Fsp3) is 0.538. The Bertz CT molecular complexity index is 286. The van der Waals surface area contributed by atoms with Gasteiger partial charge in [-0.3, -0.25) is 0 Å². The Morgan fingerprint density at radius 1 is 1.31 bits per heavy atom. The third kappa shape index (κ3) is 5.01. The SMILES string of the molecule is COCCCSCC(N)c1ccc(C)cc1. The van der Waals surface area contributed by atoms with Crippen LogP contribution < -0.4 is 5.73 Å². The van der Waals surface area contributed by atoms with E-state index in [-0.39, 0.29) is 6.04 Å². The lowest BCUT2D eigenvalue weighted by Crippen LogP contribution is -2.13. The maximum atomic E-state index is 6.11. The Hall–Kier alpha value is -0.510. The molecule has 90 valence electrons. The van der Waals surface area contributed by atoms with Gasteiger partial charge in [0.25, 0.3) is 0 Å². The third-order valence-electron chi connectivity index (χ3n) is 2.44. The number of hydrogen-bond acceptors (Lipinski definition) is 3. The van der Waals surface area contributed by atoms with E-state index < -0.39 is 0 Å². The standard InChI is InChI=1S/C13H21NOS/c1-11-4-6-12(7-5-11)13(14)10-16-9-3-8-15-2/h4-7,13H,3,8-10,14H2,1-2H3. The van der Waals surface area contributed by atoms with Gasteiger partial charge in [0.2, 0.25) is 0 Å². The second-order valence-electron chi connectivity index (χ2n) is 3.94. The summed E-state index contributed by atoms with van der Waals surface area (Å²) in [4.78, 5) is 0. The molecule has 16 heavy (non-hydrogen) atoms. The van der Waals surface area contributed by atoms with Crippen molar-refractivity contribution in [3.05, 3.63) is 35.4 Å². The Labute approximate surface area is 103 Å². The summed E-state index contributed by atoms with van der Waals surface area (Å²) >= 11 is 1.90. The molecule has 0 radical (unpaired) electrons.